The Morgan fingerprint density at radius 1 is 1.28 bits per heavy atom. The summed E-state index contributed by atoms with van der Waals surface area (Å²) < 4.78 is 15.1. The lowest BCUT2D eigenvalue weighted by Crippen LogP contribution is -2.58. The van der Waals surface area contributed by atoms with E-state index in [2.05, 4.69) is 9.98 Å². The van der Waals surface area contributed by atoms with Gasteiger partial charge in [0.2, 0.25) is 5.91 Å². The molecule has 1 amide bonds. The molecule has 0 unspecified atom stereocenters. The molecule has 156 valence electrons. The van der Waals surface area contributed by atoms with Gasteiger partial charge in [0.25, 0.3) is 0 Å². The Morgan fingerprint density at radius 2 is 1.93 bits per heavy atom. The maximum Gasteiger partial charge on any atom is 0.237 e. The van der Waals surface area contributed by atoms with Gasteiger partial charge in [0.1, 0.15) is 11.4 Å². The molecule has 2 heterocycles. The highest BCUT2D eigenvalue weighted by atomic mass is 32.1. The van der Waals surface area contributed by atoms with Crippen LogP contribution in [-0.4, -0.2) is 35.3 Å². The maximum absolute atomic E-state index is 15.1. The number of aliphatic imine (C=N–C) groups is 1. The number of carbonyl (C=O) groups excluding carboxylic acids is 1. The molecule has 0 fully saturated rings. The molecule has 3 rings (SSSR count). The third kappa shape index (κ3) is 3.19. The molecule has 0 bridgehead atoms. The van der Waals surface area contributed by atoms with Crippen molar-refractivity contribution in [3.8, 4) is 0 Å². The second-order valence-electron chi connectivity index (χ2n) is 8.08. The molecule has 1 aliphatic rings. The molecule has 0 radical (unpaired) electrons. The van der Waals surface area contributed by atoms with Gasteiger partial charge in [-0.25, -0.2) is 14.4 Å². The average Bonchev–Trinajstić information content (AvgIpc) is 2.99. The molecule has 2 N–H and O–H groups in total. The van der Waals surface area contributed by atoms with E-state index in [1.807, 2.05) is 25.7 Å². The molecule has 0 spiro atoms. The predicted molar refractivity (Wildman–Crippen MR) is 116 cm³/mol. The largest absolute Gasteiger partial charge is 0.369 e. The van der Waals surface area contributed by atoms with Crippen LogP contribution in [0.25, 0.3) is 0 Å². The molecule has 1 atom stereocenters. The van der Waals surface area contributed by atoms with Crippen LogP contribution in [0.1, 0.15) is 43.8 Å². The van der Waals surface area contributed by atoms with Gasteiger partial charge in [-0.2, -0.15) is 0 Å². The first-order chi connectivity index (χ1) is 13.4. The van der Waals surface area contributed by atoms with E-state index in [-0.39, 0.29) is 11.9 Å². The Bertz CT molecular complexity index is 979. The number of nitrogens with zero attached hydrogens (tertiary/aromatic N) is 4. The minimum absolute atomic E-state index is 0.0835. The highest BCUT2D eigenvalue weighted by Crippen LogP contribution is 2.48. The molecular weight excluding hydrogens is 389 g/mol. The van der Waals surface area contributed by atoms with E-state index in [9.17, 15) is 4.79 Å². The van der Waals surface area contributed by atoms with E-state index in [1.54, 1.807) is 51.3 Å². The Hall–Kier alpha value is -2.48. The van der Waals surface area contributed by atoms with Gasteiger partial charge in [-0.1, -0.05) is 0 Å². The fourth-order valence-corrected chi connectivity index (χ4v) is 4.62. The summed E-state index contributed by atoms with van der Waals surface area (Å²) in [5.74, 6) is -0.531. The first-order valence-electron chi connectivity index (χ1n) is 9.59. The summed E-state index contributed by atoms with van der Waals surface area (Å²) in [6, 6.07) is 4.92. The van der Waals surface area contributed by atoms with E-state index in [1.165, 1.54) is 11.0 Å². The van der Waals surface area contributed by atoms with Crippen LogP contribution in [0.15, 0.2) is 23.2 Å². The number of nitrogens with two attached hydrogens (primary N) is 1. The molecule has 0 saturated heterocycles. The van der Waals surface area contributed by atoms with Gasteiger partial charge in [-0.15, -0.1) is 11.3 Å². The number of aryl methyl sites for hydroxylation is 2. The smallest absolute Gasteiger partial charge is 0.237 e. The number of benzene rings is 1. The normalized spacial score (nSPS) is 21.3. The van der Waals surface area contributed by atoms with Gasteiger partial charge in [0.05, 0.1) is 11.1 Å². The summed E-state index contributed by atoms with van der Waals surface area (Å²) in [5.41, 5.74) is 6.01. The number of hydrogen-bond acceptors (Lipinski definition) is 6. The Morgan fingerprint density at radius 3 is 2.48 bits per heavy atom. The van der Waals surface area contributed by atoms with Crippen LogP contribution in [0.3, 0.4) is 0 Å². The number of halogens is 1. The lowest BCUT2D eigenvalue weighted by Gasteiger charge is -2.46. The van der Waals surface area contributed by atoms with Crippen LogP contribution >= 0.6 is 11.3 Å². The van der Waals surface area contributed by atoms with Crippen LogP contribution in [0.5, 0.6) is 0 Å². The minimum atomic E-state index is -1.14. The van der Waals surface area contributed by atoms with Crippen LogP contribution in [0, 0.1) is 25.1 Å². The quantitative estimate of drug-likeness (QED) is 0.813. The lowest BCUT2D eigenvalue weighted by atomic mass is 9.67. The first-order valence-corrected chi connectivity index (χ1v) is 10.4. The van der Waals surface area contributed by atoms with E-state index in [0.717, 1.165) is 21.4 Å². The van der Waals surface area contributed by atoms with E-state index < -0.39 is 16.8 Å². The van der Waals surface area contributed by atoms with Crippen molar-refractivity contribution < 1.29 is 9.18 Å². The van der Waals surface area contributed by atoms with Gasteiger partial charge in [-0.3, -0.25) is 9.69 Å². The highest BCUT2D eigenvalue weighted by Gasteiger charge is 2.53. The minimum Gasteiger partial charge on any atom is -0.369 e. The van der Waals surface area contributed by atoms with Crippen molar-refractivity contribution >= 4 is 34.0 Å². The molecule has 6 nitrogen and oxygen atoms in total. The van der Waals surface area contributed by atoms with Gasteiger partial charge in [0, 0.05) is 29.7 Å². The van der Waals surface area contributed by atoms with E-state index in [4.69, 9.17) is 5.73 Å². The highest BCUT2D eigenvalue weighted by molar-refractivity contribution is 7.15. The average molecular weight is 418 g/mol. The number of carbonyl (C=O) groups is 1. The van der Waals surface area contributed by atoms with Gasteiger partial charge in [-0.05, 0) is 59.7 Å². The van der Waals surface area contributed by atoms with Crippen molar-refractivity contribution in [2.24, 2.45) is 16.1 Å². The second kappa shape index (κ2) is 7.09. The molecule has 8 heteroatoms. The molecular formula is C21H28FN5OS. The number of thiazole rings is 1. The zero-order chi connectivity index (χ0) is 21.7. The Kier molecular flexibility index (Phi) is 5.19. The third-order valence-electron chi connectivity index (χ3n) is 6.09. The molecule has 0 aliphatic carbocycles. The second-order valence-corrected chi connectivity index (χ2v) is 9.26. The van der Waals surface area contributed by atoms with Crippen molar-refractivity contribution in [2.45, 2.75) is 47.1 Å². The molecule has 1 aromatic carbocycles. The molecule has 29 heavy (non-hydrogen) atoms. The molecule has 0 saturated carbocycles. The van der Waals surface area contributed by atoms with Crippen LogP contribution in [0.2, 0.25) is 0 Å². The predicted octanol–water partition coefficient (Wildman–Crippen LogP) is 4.09. The molecule has 2 aromatic rings. The van der Waals surface area contributed by atoms with Crippen LogP contribution < -0.4 is 10.6 Å². The number of rotatable bonds is 4. The third-order valence-corrected chi connectivity index (χ3v) is 7.18. The molecule has 1 aromatic heterocycles. The summed E-state index contributed by atoms with van der Waals surface area (Å²) in [6.07, 6.45) is 0. The summed E-state index contributed by atoms with van der Waals surface area (Å²) in [6.45, 7) is 12.0. The van der Waals surface area contributed by atoms with Gasteiger partial charge < -0.3 is 10.6 Å². The number of amides is 1. The van der Waals surface area contributed by atoms with Crippen molar-refractivity contribution in [3.63, 3.8) is 0 Å². The number of hydrogen-bond donors (Lipinski definition) is 1. The summed E-state index contributed by atoms with van der Waals surface area (Å²) >= 11 is 1.60. The zero-order valence-electron chi connectivity index (χ0n) is 18.0. The number of guanidine groups is 1. The first kappa shape index (κ1) is 21.2. The monoisotopic (exact) mass is 417 g/mol. The molecule has 1 aliphatic heterocycles. The lowest BCUT2D eigenvalue weighted by molar-refractivity contribution is -0.140. The number of aromatic nitrogens is 1. The Labute approximate surface area is 175 Å². The number of anilines is 2. The fourth-order valence-electron chi connectivity index (χ4n) is 3.63. The van der Waals surface area contributed by atoms with Gasteiger partial charge in [0.15, 0.2) is 11.1 Å². The van der Waals surface area contributed by atoms with Gasteiger partial charge >= 0.3 is 0 Å². The van der Waals surface area contributed by atoms with Crippen LogP contribution in [0.4, 0.5) is 15.2 Å². The Balaban J connectivity index is 2.17. The summed E-state index contributed by atoms with van der Waals surface area (Å²) in [5, 5.41) is 0.854. The zero-order valence-corrected chi connectivity index (χ0v) is 18.8. The maximum atomic E-state index is 15.1. The topological polar surface area (TPSA) is 74.8 Å². The van der Waals surface area contributed by atoms with Crippen molar-refractivity contribution in [1.82, 2.24) is 9.88 Å². The fraction of sp³-hybridized carbons (Fsp3) is 0.476. The van der Waals surface area contributed by atoms with Crippen molar-refractivity contribution in [1.29, 1.82) is 0 Å². The van der Waals surface area contributed by atoms with Crippen LogP contribution in [-0.2, 0) is 10.3 Å². The van der Waals surface area contributed by atoms with Crippen molar-refractivity contribution in [3.05, 3.63) is 40.2 Å². The SMILES string of the molecule is CCN(c1ccc(F)c([C@@]2(C)N=C(N)N(C)C(=O)C2(C)C)c1)c1nc(C)c(C)s1. The van der Waals surface area contributed by atoms with E-state index in [0.29, 0.717) is 12.1 Å². The van der Waals surface area contributed by atoms with Crippen molar-refractivity contribution in [2.75, 3.05) is 18.5 Å². The standard InChI is InChI=1S/C21H28FN5OS/c1-8-27(19-24-12(2)13(3)29-19)14-9-10-16(22)15(11-14)21(6)20(4,5)17(28)26(7)18(23)25-21/h9-11H,8H2,1-7H3,(H2,23,25)/t21-/m1/s1. The summed E-state index contributed by atoms with van der Waals surface area (Å²) in [4.78, 5) is 26.6. The van der Waals surface area contributed by atoms with E-state index >= 15 is 4.39 Å². The summed E-state index contributed by atoms with van der Waals surface area (Å²) in [7, 11) is 1.58.